The number of carbonyl (C=O) groups is 1. The lowest BCUT2D eigenvalue weighted by atomic mass is 10.1. The number of para-hydroxylation sites is 3. The van der Waals surface area contributed by atoms with Gasteiger partial charge in [-0.15, -0.1) is 0 Å². The van der Waals surface area contributed by atoms with E-state index in [4.69, 9.17) is 16.6 Å². The van der Waals surface area contributed by atoms with E-state index >= 15 is 0 Å². The Hall–Kier alpha value is -3.11. The minimum atomic E-state index is 0.0578. The Kier molecular flexibility index (Phi) is 4.57. The third-order valence-electron chi connectivity index (χ3n) is 5.50. The number of carbonyl (C=O) groups excluding carboxylic acids is 1. The predicted molar refractivity (Wildman–Crippen MR) is 116 cm³/mol. The molecule has 1 saturated heterocycles. The normalized spacial score (nSPS) is 16.7. The van der Waals surface area contributed by atoms with Crippen molar-refractivity contribution in [3.63, 3.8) is 0 Å². The minimum Gasteiger partial charge on any atom is -0.323 e. The number of hydrogen-bond acceptors (Lipinski definition) is 2. The molecular formula is C24H20ClN3O. The molecule has 3 aromatic carbocycles. The summed E-state index contributed by atoms with van der Waals surface area (Å²) in [6.07, 6.45) is 0.471. The maximum absolute atomic E-state index is 12.8. The van der Waals surface area contributed by atoms with Crippen LogP contribution in [0.15, 0.2) is 78.9 Å². The molecule has 29 heavy (non-hydrogen) atoms. The van der Waals surface area contributed by atoms with Gasteiger partial charge in [-0.2, -0.15) is 0 Å². The van der Waals surface area contributed by atoms with Gasteiger partial charge in [-0.1, -0.05) is 54.1 Å². The van der Waals surface area contributed by atoms with Crippen LogP contribution < -0.4 is 4.90 Å². The third kappa shape index (κ3) is 3.40. The lowest BCUT2D eigenvalue weighted by molar-refractivity contribution is -0.117. The number of benzene rings is 3. The first kappa shape index (κ1) is 18.0. The van der Waals surface area contributed by atoms with Crippen molar-refractivity contribution in [2.45, 2.75) is 18.9 Å². The second-order valence-corrected chi connectivity index (χ2v) is 7.85. The maximum Gasteiger partial charge on any atom is 0.227 e. The van der Waals surface area contributed by atoms with E-state index in [9.17, 15) is 4.79 Å². The average molecular weight is 402 g/mol. The lowest BCUT2D eigenvalue weighted by Crippen LogP contribution is -2.24. The first-order chi connectivity index (χ1) is 14.2. The summed E-state index contributed by atoms with van der Waals surface area (Å²) in [5.74, 6) is 1.17. The monoisotopic (exact) mass is 401 g/mol. The van der Waals surface area contributed by atoms with Gasteiger partial charge in [0.05, 0.1) is 11.0 Å². The number of nitrogens with zero attached hydrogens (tertiary/aromatic N) is 3. The van der Waals surface area contributed by atoms with Crippen LogP contribution in [0.4, 0.5) is 5.69 Å². The van der Waals surface area contributed by atoms with Gasteiger partial charge in [0.2, 0.25) is 5.91 Å². The summed E-state index contributed by atoms with van der Waals surface area (Å²) in [6.45, 7) is 1.34. The standard InChI is InChI=1S/C24H20ClN3O/c25-19-12-10-17(11-13-19)15-28-22-9-5-4-8-21(22)26-24(28)18-14-23(29)27(16-18)20-6-2-1-3-7-20/h1-13,18H,14-16H2/t18-/m1/s1. The molecule has 1 aliphatic heterocycles. The summed E-state index contributed by atoms with van der Waals surface area (Å²) < 4.78 is 2.24. The van der Waals surface area contributed by atoms with Crippen LogP contribution in [0.2, 0.25) is 5.02 Å². The zero-order valence-corrected chi connectivity index (χ0v) is 16.6. The van der Waals surface area contributed by atoms with Crippen LogP contribution in [-0.2, 0) is 11.3 Å². The van der Waals surface area contributed by atoms with Gasteiger partial charge in [0.1, 0.15) is 5.82 Å². The second-order valence-electron chi connectivity index (χ2n) is 7.41. The van der Waals surface area contributed by atoms with Crippen LogP contribution in [0.1, 0.15) is 23.7 Å². The number of hydrogen-bond donors (Lipinski definition) is 0. The van der Waals surface area contributed by atoms with E-state index in [0.717, 1.165) is 33.1 Å². The molecule has 1 atom stereocenters. The summed E-state index contributed by atoms with van der Waals surface area (Å²) in [5.41, 5.74) is 4.15. The summed E-state index contributed by atoms with van der Waals surface area (Å²) in [4.78, 5) is 19.6. The molecule has 0 aliphatic carbocycles. The molecule has 1 amide bonds. The Bertz CT molecular complexity index is 1170. The molecule has 144 valence electrons. The summed E-state index contributed by atoms with van der Waals surface area (Å²) in [6, 6.07) is 25.9. The van der Waals surface area contributed by atoms with Gasteiger partial charge in [0.25, 0.3) is 0 Å². The van der Waals surface area contributed by atoms with E-state index in [1.54, 1.807) is 0 Å². The topological polar surface area (TPSA) is 38.1 Å². The van der Waals surface area contributed by atoms with E-state index in [1.165, 1.54) is 0 Å². The Labute approximate surface area is 174 Å². The predicted octanol–water partition coefficient (Wildman–Crippen LogP) is 5.26. The molecule has 0 bridgehead atoms. The largest absolute Gasteiger partial charge is 0.323 e. The quantitative estimate of drug-likeness (QED) is 0.468. The van der Waals surface area contributed by atoms with Gasteiger partial charge in [0, 0.05) is 36.1 Å². The number of aromatic nitrogens is 2. The molecule has 1 aliphatic rings. The number of imidazole rings is 1. The highest BCUT2D eigenvalue weighted by Gasteiger charge is 2.34. The highest BCUT2D eigenvalue weighted by atomic mass is 35.5. The molecule has 1 fully saturated rings. The number of halogens is 1. The maximum atomic E-state index is 12.8. The van der Waals surface area contributed by atoms with Crippen molar-refractivity contribution in [1.82, 2.24) is 9.55 Å². The molecule has 4 nitrogen and oxygen atoms in total. The molecule has 0 radical (unpaired) electrons. The summed E-state index contributed by atoms with van der Waals surface area (Å²) in [5, 5.41) is 0.726. The average Bonchev–Trinajstić information content (AvgIpc) is 3.31. The third-order valence-corrected chi connectivity index (χ3v) is 5.75. The molecule has 2 heterocycles. The van der Waals surface area contributed by atoms with Crippen LogP contribution in [0.3, 0.4) is 0 Å². The molecule has 0 saturated carbocycles. The fraction of sp³-hybridized carbons (Fsp3) is 0.167. The van der Waals surface area contributed by atoms with Crippen LogP contribution >= 0.6 is 11.6 Å². The van der Waals surface area contributed by atoms with Crippen molar-refractivity contribution in [3.05, 3.63) is 95.3 Å². The fourth-order valence-electron chi connectivity index (χ4n) is 4.08. The Morgan fingerprint density at radius 2 is 1.66 bits per heavy atom. The zero-order valence-electron chi connectivity index (χ0n) is 15.8. The van der Waals surface area contributed by atoms with Crippen molar-refractivity contribution in [2.24, 2.45) is 0 Å². The van der Waals surface area contributed by atoms with Crippen molar-refractivity contribution in [1.29, 1.82) is 0 Å². The van der Waals surface area contributed by atoms with Crippen LogP contribution in [0, 0.1) is 0 Å². The molecule has 1 aromatic heterocycles. The van der Waals surface area contributed by atoms with Gasteiger partial charge in [-0.3, -0.25) is 4.79 Å². The van der Waals surface area contributed by atoms with Crippen molar-refractivity contribution >= 4 is 34.2 Å². The molecule has 5 rings (SSSR count). The van der Waals surface area contributed by atoms with E-state index in [0.29, 0.717) is 19.5 Å². The Morgan fingerprint density at radius 3 is 2.45 bits per heavy atom. The molecule has 0 spiro atoms. The van der Waals surface area contributed by atoms with Gasteiger partial charge >= 0.3 is 0 Å². The first-order valence-corrected chi connectivity index (χ1v) is 10.1. The number of amides is 1. The number of anilines is 1. The Balaban J connectivity index is 1.53. The number of fused-ring (bicyclic) bond motifs is 1. The van der Waals surface area contributed by atoms with Crippen molar-refractivity contribution < 1.29 is 4.79 Å². The minimum absolute atomic E-state index is 0.0578. The summed E-state index contributed by atoms with van der Waals surface area (Å²) >= 11 is 6.05. The molecule has 4 aromatic rings. The van der Waals surface area contributed by atoms with Crippen LogP contribution in [-0.4, -0.2) is 22.0 Å². The van der Waals surface area contributed by atoms with Crippen LogP contribution in [0.5, 0.6) is 0 Å². The molecule has 0 unspecified atom stereocenters. The van der Waals surface area contributed by atoms with Crippen molar-refractivity contribution in [3.8, 4) is 0 Å². The first-order valence-electron chi connectivity index (χ1n) is 9.74. The van der Waals surface area contributed by atoms with Gasteiger partial charge in [-0.25, -0.2) is 4.98 Å². The van der Waals surface area contributed by atoms with Crippen LogP contribution in [0.25, 0.3) is 11.0 Å². The van der Waals surface area contributed by atoms with E-state index in [2.05, 4.69) is 10.6 Å². The highest BCUT2D eigenvalue weighted by Crippen LogP contribution is 2.33. The summed E-state index contributed by atoms with van der Waals surface area (Å²) in [7, 11) is 0. The fourth-order valence-corrected chi connectivity index (χ4v) is 4.21. The molecule has 0 N–H and O–H groups in total. The highest BCUT2D eigenvalue weighted by molar-refractivity contribution is 6.30. The van der Waals surface area contributed by atoms with Crippen molar-refractivity contribution in [2.75, 3.05) is 11.4 Å². The molecular weight excluding hydrogens is 382 g/mol. The van der Waals surface area contributed by atoms with E-state index in [-0.39, 0.29) is 11.8 Å². The van der Waals surface area contributed by atoms with Gasteiger partial charge < -0.3 is 9.47 Å². The molecule has 5 heteroatoms. The van der Waals surface area contributed by atoms with E-state index < -0.39 is 0 Å². The second kappa shape index (κ2) is 7.37. The smallest absolute Gasteiger partial charge is 0.227 e. The van der Waals surface area contributed by atoms with Gasteiger partial charge in [0.15, 0.2) is 0 Å². The van der Waals surface area contributed by atoms with E-state index in [1.807, 2.05) is 77.7 Å². The lowest BCUT2D eigenvalue weighted by Gasteiger charge is -2.17. The number of rotatable bonds is 4. The van der Waals surface area contributed by atoms with Gasteiger partial charge in [-0.05, 0) is 42.0 Å². The zero-order chi connectivity index (χ0) is 19.8. The SMILES string of the molecule is O=C1C[C@@H](c2nc3ccccc3n2Cc2ccc(Cl)cc2)CN1c1ccccc1. The Morgan fingerprint density at radius 1 is 0.931 bits per heavy atom.